The second-order valence-corrected chi connectivity index (χ2v) is 11.0. The Bertz CT molecular complexity index is 1290. The maximum Gasteiger partial charge on any atom is 0.264 e. The topological polar surface area (TPSA) is 101 Å². The number of benzene rings is 1. The van der Waals surface area contributed by atoms with Crippen molar-refractivity contribution in [1.29, 1.82) is 0 Å². The molecule has 156 valence electrons. The van der Waals surface area contributed by atoms with Crippen molar-refractivity contribution >= 4 is 25.7 Å². The van der Waals surface area contributed by atoms with Crippen molar-refractivity contribution in [3.8, 4) is 11.3 Å². The van der Waals surface area contributed by atoms with Crippen LogP contribution in [0.15, 0.2) is 70.8 Å². The third-order valence-electron chi connectivity index (χ3n) is 5.00. The standard InChI is InChI=1S/C20H20N4O4S2/c1-23(2)29(25,26)15-6-8-16(9-7-15)30(27,28)24-12-10-17-18(13-21-14-20(17)24)19-5-3-4-11-22-19/h3-9,11,13-14H,10,12H2,1-2H3. The van der Waals surface area contributed by atoms with Gasteiger partial charge in [-0.2, -0.15) is 0 Å². The first-order valence-corrected chi connectivity index (χ1v) is 12.0. The first-order valence-electron chi connectivity index (χ1n) is 9.16. The maximum atomic E-state index is 13.3. The molecule has 0 spiro atoms. The molecule has 0 unspecified atom stereocenters. The van der Waals surface area contributed by atoms with E-state index in [1.54, 1.807) is 12.4 Å². The van der Waals surface area contributed by atoms with Gasteiger partial charge in [0.2, 0.25) is 10.0 Å². The zero-order valence-electron chi connectivity index (χ0n) is 16.4. The third-order valence-corrected chi connectivity index (χ3v) is 8.66. The molecule has 0 bridgehead atoms. The van der Waals surface area contributed by atoms with Gasteiger partial charge in [0, 0.05) is 38.6 Å². The van der Waals surface area contributed by atoms with Gasteiger partial charge in [-0.15, -0.1) is 0 Å². The molecule has 0 radical (unpaired) electrons. The lowest BCUT2D eigenvalue weighted by Gasteiger charge is -2.20. The van der Waals surface area contributed by atoms with Crippen molar-refractivity contribution in [1.82, 2.24) is 14.3 Å². The number of pyridine rings is 2. The van der Waals surface area contributed by atoms with Gasteiger partial charge in [-0.25, -0.2) is 21.1 Å². The van der Waals surface area contributed by atoms with Gasteiger partial charge in [-0.3, -0.25) is 14.3 Å². The van der Waals surface area contributed by atoms with Crippen LogP contribution < -0.4 is 4.31 Å². The zero-order valence-corrected chi connectivity index (χ0v) is 18.1. The quantitative estimate of drug-likeness (QED) is 0.598. The van der Waals surface area contributed by atoms with E-state index in [2.05, 4.69) is 9.97 Å². The average Bonchev–Trinajstić information content (AvgIpc) is 3.19. The van der Waals surface area contributed by atoms with Gasteiger partial charge in [-0.1, -0.05) is 6.07 Å². The molecule has 8 nitrogen and oxygen atoms in total. The van der Waals surface area contributed by atoms with Crippen molar-refractivity contribution in [2.75, 3.05) is 24.9 Å². The summed E-state index contributed by atoms with van der Waals surface area (Å²) in [6.07, 6.45) is 5.45. The van der Waals surface area contributed by atoms with Gasteiger partial charge in [0.05, 0.1) is 27.4 Å². The Kier molecular flexibility index (Phi) is 5.08. The molecule has 0 aliphatic carbocycles. The van der Waals surface area contributed by atoms with Crippen LogP contribution >= 0.6 is 0 Å². The van der Waals surface area contributed by atoms with E-state index in [1.807, 2.05) is 18.2 Å². The molecule has 1 aliphatic heterocycles. The van der Waals surface area contributed by atoms with Crippen LogP contribution in [0.2, 0.25) is 0 Å². The number of aromatic nitrogens is 2. The summed E-state index contributed by atoms with van der Waals surface area (Å²) >= 11 is 0. The van der Waals surface area contributed by atoms with Gasteiger partial charge in [0.25, 0.3) is 10.0 Å². The average molecular weight is 445 g/mol. The van der Waals surface area contributed by atoms with Crippen LogP contribution in [0.3, 0.4) is 0 Å². The maximum absolute atomic E-state index is 13.3. The van der Waals surface area contributed by atoms with Gasteiger partial charge >= 0.3 is 0 Å². The van der Waals surface area contributed by atoms with Gasteiger partial charge in [0.1, 0.15) is 0 Å². The molecule has 0 fully saturated rings. The van der Waals surface area contributed by atoms with Crippen LogP contribution in [0.25, 0.3) is 11.3 Å². The summed E-state index contributed by atoms with van der Waals surface area (Å²) in [7, 11) is -4.66. The lowest BCUT2D eigenvalue weighted by molar-refractivity contribution is 0.520. The number of nitrogens with zero attached hydrogens (tertiary/aromatic N) is 4. The van der Waals surface area contributed by atoms with E-state index < -0.39 is 20.0 Å². The van der Waals surface area contributed by atoms with Crippen LogP contribution in [-0.2, 0) is 26.5 Å². The summed E-state index contributed by atoms with van der Waals surface area (Å²) in [6, 6.07) is 10.8. The van der Waals surface area contributed by atoms with Crippen LogP contribution in [0, 0.1) is 0 Å². The molecule has 2 aromatic heterocycles. The minimum Gasteiger partial charge on any atom is -0.264 e. The van der Waals surface area contributed by atoms with Crippen molar-refractivity contribution in [3.05, 3.63) is 66.6 Å². The molecule has 0 saturated heterocycles. The van der Waals surface area contributed by atoms with E-state index in [0.717, 1.165) is 21.1 Å². The van der Waals surface area contributed by atoms with Crippen LogP contribution in [0.1, 0.15) is 5.56 Å². The molecule has 0 N–H and O–H groups in total. The predicted octanol–water partition coefficient (Wildman–Crippen LogP) is 2.15. The Morgan fingerprint density at radius 1 is 0.933 bits per heavy atom. The summed E-state index contributed by atoms with van der Waals surface area (Å²) < 4.78 is 53.4. The van der Waals surface area contributed by atoms with Crippen molar-refractivity contribution in [2.24, 2.45) is 0 Å². The Hall–Kier alpha value is -2.82. The molecule has 1 aliphatic rings. The zero-order chi connectivity index (χ0) is 21.5. The Morgan fingerprint density at radius 2 is 1.63 bits per heavy atom. The fraction of sp³-hybridized carbons (Fsp3) is 0.200. The molecule has 1 aromatic carbocycles. The number of sulfonamides is 2. The fourth-order valence-electron chi connectivity index (χ4n) is 3.40. The van der Waals surface area contributed by atoms with E-state index in [9.17, 15) is 16.8 Å². The lowest BCUT2D eigenvalue weighted by Crippen LogP contribution is -2.29. The molecule has 10 heteroatoms. The summed E-state index contributed by atoms with van der Waals surface area (Å²) in [4.78, 5) is 8.63. The van der Waals surface area contributed by atoms with Gasteiger partial charge in [0.15, 0.2) is 0 Å². The summed E-state index contributed by atoms with van der Waals surface area (Å²) in [5.74, 6) is 0. The van der Waals surface area contributed by atoms with Crippen LogP contribution in [0.4, 0.5) is 5.69 Å². The highest BCUT2D eigenvalue weighted by atomic mass is 32.2. The minimum absolute atomic E-state index is 0.0243. The second kappa shape index (κ2) is 7.46. The molecule has 4 rings (SSSR count). The molecule has 0 atom stereocenters. The van der Waals surface area contributed by atoms with Crippen LogP contribution in [-0.4, -0.2) is 51.7 Å². The summed E-state index contributed by atoms with van der Waals surface area (Å²) in [6.45, 7) is 0.279. The molecule has 30 heavy (non-hydrogen) atoms. The van der Waals surface area contributed by atoms with Gasteiger partial charge < -0.3 is 0 Å². The van der Waals surface area contributed by atoms with E-state index in [1.165, 1.54) is 48.9 Å². The normalized spacial score (nSPS) is 14.2. The van der Waals surface area contributed by atoms with Crippen LogP contribution in [0.5, 0.6) is 0 Å². The van der Waals surface area contributed by atoms with Crippen molar-refractivity contribution in [3.63, 3.8) is 0 Å². The number of fused-ring (bicyclic) bond motifs is 1. The monoisotopic (exact) mass is 444 g/mol. The highest BCUT2D eigenvalue weighted by molar-refractivity contribution is 7.93. The molecule has 0 amide bonds. The van der Waals surface area contributed by atoms with Crippen molar-refractivity contribution in [2.45, 2.75) is 16.2 Å². The Balaban J connectivity index is 1.72. The minimum atomic E-state index is -3.87. The Labute approximate surface area is 175 Å². The fourth-order valence-corrected chi connectivity index (χ4v) is 5.79. The summed E-state index contributed by atoms with van der Waals surface area (Å²) in [5, 5.41) is 0. The number of hydrogen-bond acceptors (Lipinski definition) is 6. The first-order chi connectivity index (χ1) is 14.2. The smallest absolute Gasteiger partial charge is 0.264 e. The molecular weight excluding hydrogens is 424 g/mol. The molecular formula is C20H20N4O4S2. The van der Waals surface area contributed by atoms with E-state index >= 15 is 0 Å². The Morgan fingerprint density at radius 3 is 2.27 bits per heavy atom. The highest BCUT2D eigenvalue weighted by Crippen LogP contribution is 2.37. The predicted molar refractivity (Wildman–Crippen MR) is 113 cm³/mol. The van der Waals surface area contributed by atoms with E-state index in [4.69, 9.17) is 0 Å². The van der Waals surface area contributed by atoms with Crippen molar-refractivity contribution < 1.29 is 16.8 Å². The van der Waals surface area contributed by atoms with E-state index in [-0.39, 0.29) is 16.3 Å². The number of anilines is 1. The highest BCUT2D eigenvalue weighted by Gasteiger charge is 2.33. The number of hydrogen-bond donors (Lipinski definition) is 0. The van der Waals surface area contributed by atoms with Gasteiger partial charge in [-0.05, 0) is 48.4 Å². The van der Waals surface area contributed by atoms with E-state index in [0.29, 0.717) is 12.1 Å². The summed E-state index contributed by atoms with van der Waals surface area (Å²) in [5.41, 5.74) is 2.93. The number of rotatable bonds is 5. The largest absolute Gasteiger partial charge is 0.264 e. The molecule has 3 aromatic rings. The molecule has 3 heterocycles. The molecule has 0 saturated carbocycles. The second-order valence-electron chi connectivity index (χ2n) is 6.99. The SMILES string of the molecule is CN(C)S(=O)(=O)c1ccc(S(=O)(=O)N2CCc3c(-c4ccccn4)cncc32)cc1. The first kappa shape index (κ1) is 20.5. The third kappa shape index (κ3) is 3.36. The lowest BCUT2D eigenvalue weighted by atomic mass is 10.0.